The Bertz CT molecular complexity index is 286. The second-order valence-electron chi connectivity index (χ2n) is 6.24. The molecule has 1 unspecified atom stereocenters. The van der Waals surface area contributed by atoms with Gasteiger partial charge in [-0.15, -0.1) is 0 Å². The second-order valence-corrected chi connectivity index (χ2v) is 6.24. The van der Waals surface area contributed by atoms with E-state index in [9.17, 15) is 4.79 Å². The molecule has 6 nitrogen and oxygen atoms in total. The number of hydrogen-bond donors (Lipinski definition) is 2. The smallest absolute Gasteiger partial charge is 0.407 e. The lowest BCUT2D eigenvalue weighted by Crippen LogP contribution is -2.36. The first-order valence-electron chi connectivity index (χ1n) is 7.84. The summed E-state index contributed by atoms with van der Waals surface area (Å²) in [5.74, 6) is 0. The highest BCUT2D eigenvalue weighted by Crippen LogP contribution is 2.11. The van der Waals surface area contributed by atoms with Crippen LogP contribution in [-0.2, 0) is 14.2 Å². The highest BCUT2D eigenvalue weighted by molar-refractivity contribution is 5.67. The Kier molecular flexibility index (Phi) is 8.64. The van der Waals surface area contributed by atoms with Gasteiger partial charge in [-0.2, -0.15) is 0 Å². The van der Waals surface area contributed by atoms with Crippen molar-refractivity contribution in [3.05, 3.63) is 0 Å². The molecule has 0 aliphatic carbocycles. The van der Waals surface area contributed by atoms with Crippen molar-refractivity contribution in [2.24, 2.45) is 0 Å². The number of alkyl carbamates (subject to hydrolysis) is 1. The quantitative estimate of drug-likeness (QED) is 0.634. The predicted octanol–water partition coefficient (Wildman–Crippen LogP) is 1.69. The normalized spacial score (nSPS) is 18.7. The van der Waals surface area contributed by atoms with E-state index < -0.39 is 5.60 Å². The van der Waals surface area contributed by atoms with Gasteiger partial charge in [0.1, 0.15) is 5.60 Å². The van der Waals surface area contributed by atoms with Crippen LogP contribution in [0.1, 0.15) is 40.0 Å². The van der Waals surface area contributed by atoms with E-state index in [1.54, 1.807) is 0 Å². The maximum atomic E-state index is 11.4. The fourth-order valence-corrected chi connectivity index (χ4v) is 1.98. The molecule has 1 heterocycles. The van der Waals surface area contributed by atoms with E-state index in [-0.39, 0.29) is 6.09 Å². The standard InChI is InChI=1S/C15H30N2O4/c1-15(2,3)21-14(18)17-9-8-16-7-5-10-19-12-13-6-4-11-20-13/h13,16H,4-12H2,1-3H3,(H,17,18). The van der Waals surface area contributed by atoms with Crippen molar-refractivity contribution in [3.8, 4) is 0 Å². The van der Waals surface area contributed by atoms with Crippen LogP contribution in [0, 0.1) is 0 Å². The van der Waals surface area contributed by atoms with Gasteiger partial charge in [-0.1, -0.05) is 0 Å². The molecule has 2 N–H and O–H groups in total. The van der Waals surface area contributed by atoms with E-state index in [2.05, 4.69) is 10.6 Å². The fourth-order valence-electron chi connectivity index (χ4n) is 1.98. The minimum absolute atomic E-state index is 0.302. The first-order valence-corrected chi connectivity index (χ1v) is 7.84. The molecule has 1 fully saturated rings. The molecule has 0 bridgehead atoms. The molecule has 1 aliphatic rings. The maximum Gasteiger partial charge on any atom is 0.407 e. The molecule has 0 spiro atoms. The van der Waals surface area contributed by atoms with Crippen LogP contribution in [0.3, 0.4) is 0 Å². The molecule has 0 aromatic carbocycles. The summed E-state index contributed by atoms with van der Waals surface area (Å²) in [7, 11) is 0. The third-order valence-electron chi connectivity index (χ3n) is 2.94. The summed E-state index contributed by atoms with van der Waals surface area (Å²) in [6, 6.07) is 0. The average molecular weight is 302 g/mol. The van der Waals surface area contributed by atoms with Gasteiger partial charge in [-0.05, 0) is 46.6 Å². The van der Waals surface area contributed by atoms with E-state index in [0.29, 0.717) is 19.3 Å². The van der Waals surface area contributed by atoms with Crippen LogP contribution in [-0.4, -0.2) is 57.3 Å². The van der Waals surface area contributed by atoms with Crippen molar-refractivity contribution >= 4 is 6.09 Å². The van der Waals surface area contributed by atoms with Gasteiger partial charge in [0, 0.05) is 26.3 Å². The van der Waals surface area contributed by atoms with Gasteiger partial charge in [0.15, 0.2) is 0 Å². The van der Waals surface area contributed by atoms with E-state index in [1.807, 2.05) is 20.8 Å². The zero-order valence-electron chi connectivity index (χ0n) is 13.6. The van der Waals surface area contributed by atoms with E-state index in [0.717, 1.165) is 45.6 Å². The summed E-state index contributed by atoms with van der Waals surface area (Å²) in [6.45, 7) is 10.0. The van der Waals surface area contributed by atoms with Gasteiger partial charge in [0.2, 0.25) is 0 Å². The Morgan fingerprint density at radius 1 is 1.29 bits per heavy atom. The summed E-state index contributed by atoms with van der Waals surface area (Å²) >= 11 is 0. The summed E-state index contributed by atoms with van der Waals surface area (Å²) in [5.41, 5.74) is -0.447. The molecule has 1 amide bonds. The minimum atomic E-state index is -0.447. The number of hydrogen-bond acceptors (Lipinski definition) is 5. The Morgan fingerprint density at radius 3 is 2.76 bits per heavy atom. The summed E-state index contributed by atoms with van der Waals surface area (Å²) in [4.78, 5) is 11.4. The number of ether oxygens (including phenoxy) is 3. The summed E-state index contributed by atoms with van der Waals surface area (Å²) in [5, 5.41) is 5.96. The first kappa shape index (κ1) is 18.2. The fraction of sp³-hybridized carbons (Fsp3) is 0.933. The lowest BCUT2D eigenvalue weighted by molar-refractivity contribution is 0.0166. The van der Waals surface area contributed by atoms with Crippen LogP contribution < -0.4 is 10.6 Å². The number of carbonyl (C=O) groups excluding carboxylic acids is 1. The largest absolute Gasteiger partial charge is 0.444 e. The van der Waals surface area contributed by atoms with Crippen molar-refractivity contribution in [3.63, 3.8) is 0 Å². The molecule has 6 heteroatoms. The van der Waals surface area contributed by atoms with Crippen LogP contribution in [0.5, 0.6) is 0 Å². The lowest BCUT2D eigenvalue weighted by atomic mass is 10.2. The van der Waals surface area contributed by atoms with Crippen LogP contribution in [0.15, 0.2) is 0 Å². The first-order chi connectivity index (χ1) is 9.97. The molecule has 0 aromatic rings. The zero-order chi connectivity index (χ0) is 15.6. The van der Waals surface area contributed by atoms with Crippen molar-refractivity contribution < 1.29 is 19.0 Å². The molecule has 124 valence electrons. The van der Waals surface area contributed by atoms with Gasteiger partial charge in [-0.25, -0.2) is 4.79 Å². The van der Waals surface area contributed by atoms with Crippen molar-refractivity contribution in [2.75, 3.05) is 39.5 Å². The molecule has 0 aromatic heterocycles. The van der Waals surface area contributed by atoms with Crippen LogP contribution in [0.25, 0.3) is 0 Å². The van der Waals surface area contributed by atoms with Gasteiger partial charge < -0.3 is 24.8 Å². The summed E-state index contributed by atoms with van der Waals surface area (Å²) in [6.07, 6.45) is 3.16. The van der Waals surface area contributed by atoms with Crippen LogP contribution in [0.2, 0.25) is 0 Å². The molecule has 0 radical (unpaired) electrons. The van der Waals surface area contributed by atoms with Crippen LogP contribution in [0.4, 0.5) is 4.79 Å². The van der Waals surface area contributed by atoms with Crippen molar-refractivity contribution in [1.82, 2.24) is 10.6 Å². The number of carbonyl (C=O) groups is 1. The maximum absolute atomic E-state index is 11.4. The number of amides is 1. The molecule has 1 aliphatic heterocycles. The van der Waals surface area contributed by atoms with Crippen LogP contribution >= 0.6 is 0 Å². The molecule has 1 rings (SSSR count). The predicted molar refractivity (Wildman–Crippen MR) is 81.5 cm³/mol. The molecule has 21 heavy (non-hydrogen) atoms. The van der Waals surface area contributed by atoms with E-state index in [1.165, 1.54) is 0 Å². The third kappa shape index (κ3) is 10.5. The number of rotatable bonds is 9. The highest BCUT2D eigenvalue weighted by atomic mass is 16.6. The van der Waals surface area contributed by atoms with Crippen molar-refractivity contribution in [2.45, 2.75) is 51.7 Å². The van der Waals surface area contributed by atoms with Gasteiger partial charge in [0.05, 0.1) is 12.7 Å². The molecule has 0 saturated carbocycles. The third-order valence-corrected chi connectivity index (χ3v) is 2.94. The SMILES string of the molecule is CC(C)(C)OC(=O)NCCNCCCOCC1CCCO1. The molecule has 1 saturated heterocycles. The average Bonchev–Trinajstić information content (AvgIpc) is 2.87. The Morgan fingerprint density at radius 2 is 2.10 bits per heavy atom. The van der Waals surface area contributed by atoms with E-state index in [4.69, 9.17) is 14.2 Å². The zero-order valence-corrected chi connectivity index (χ0v) is 13.6. The lowest BCUT2D eigenvalue weighted by Gasteiger charge is -2.19. The van der Waals surface area contributed by atoms with Gasteiger partial charge in [-0.3, -0.25) is 0 Å². The van der Waals surface area contributed by atoms with E-state index >= 15 is 0 Å². The Balaban J connectivity index is 1.81. The minimum Gasteiger partial charge on any atom is -0.444 e. The number of nitrogens with one attached hydrogen (secondary N) is 2. The summed E-state index contributed by atoms with van der Waals surface area (Å²) < 4.78 is 16.2. The van der Waals surface area contributed by atoms with Crippen molar-refractivity contribution in [1.29, 1.82) is 0 Å². The second kappa shape index (κ2) is 9.97. The molecule has 1 atom stereocenters. The Labute approximate surface area is 127 Å². The molecular formula is C15H30N2O4. The van der Waals surface area contributed by atoms with Gasteiger partial charge >= 0.3 is 6.09 Å². The van der Waals surface area contributed by atoms with Gasteiger partial charge in [0.25, 0.3) is 0 Å². The highest BCUT2D eigenvalue weighted by Gasteiger charge is 2.15. The molecular weight excluding hydrogens is 272 g/mol. The monoisotopic (exact) mass is 302 g/mol. The topological polar surface area (TPSA) is 68.8 Å². The Hall–Kier alpha value is -0.850.